The van der Waals surface area contributed by atoms with Crippen molar-refractivity contribution < 1.29 is 32.2 Å². The number of carbonyl (C=O) groups excluding carboxylic acids is 1. The fourth-order valence-electron chi connectivity index (χ4n) is 1.27. The maximum Gasteiger partial charge on any atom is 0.420 e. The van der Waals surface area contributed by atoms with Gasteiger partial charge in [-0.25, -0.2) is 0 Å². The van der Waals surface area contributed by atoms with Gasteiger partial charge in [0.2, 0.25) is 0 Å². The van der Waals surface area contributed by atoms with Crippen LogP contribution in [0.5, 0.6) is 0 Å². The normalized spacial score (nSPS) is 16.1. The summed E-state index contributed by atoms with van der Waals surface area (Å²) >= 11 is 0. The van der Waals surface area contributed by atoms with Gasteiger partial charge in [-0.05, 0) is 32.6 Å². The monoisotopic (exact) mass is 342 g/mol. The molecule has 0 aliphatic rings. The number of alkyl halides is 3. The molecule has 4 nitrogen and oxygen atoms in total. The largest absolute Gasteiger partial charge is 0.462 e. The molecule has 0 aliphatic carbocycles. The molecule has 7 heteroatoms. The van der Waals surface area contributed by atoms with Gasteiger partial charge >= 0.3 is 12.1 Å². The smallest absolute Gasteiger partial charge is 0.420 e. The summed E-state index contributed by atoms with van der Waals surface area (Å²) in [5.74, 6) is -0.685. The highest BCUT2D eigenvalue weighted by atomic mass is 19.4. The highest BCUT2D eigenvalue weighted by Crippen LogP contribution is 2.34. The number of halogens is 3. The Hall–Kier alpha value is -0.820. The Morgan fingerprint density at radius 3 is 1.87 bits per heavy atom. The van der Waals surface area contributed by atoms with Crippen molar-refractivity contribution in [2.45, 2.75) is 66.7 Å². The van der Waals surface area contributed by atoms with Crippen LogP contribution in [-0.4, -0.2) is 37.8 Å². The number of hydrogen-bond acceptors (Lipinski definition) is 4. The van der Waals surface area contributed by atoms with Crippen molar-refractivity contribution in [2.24, 2.45) is 10.8 Å². The maximum atomic E-state index is 13.2. The Morgan fingerprint density at radius 2 is 1.48 bits per heavy atom. The Morgan fingerprint density at radius 1 is 0.957 bits per heavy atom. The predicted molar refractivity (Wildman–Crippen MR) is 80.9 cm³/mol. The van der Waals surface area contributed by atoms with E-state index in [1.54, 1.807) is 20.8 Å². The van der Waals surface area contributed by atoms with E-state index in [1.165, 1.54) is 0 Å². The summed E-state index contributed by atoms with van der Waals surface area (Å²) in [6.45, 7) is 10.4. The van der Waals surface area contributed by atoms with Gasteiger partial charge in [0.25, 0.3) is 0 Å². The van der Waals surface area contributed by atoms with E-state index < -0.39 is 36.6 Å². The lowest BCUT2D eigenvalue weighted by molar-refractivity contribution is -0.304. The zero-order valence-corrected chi connectivity index (χ0v) is 15.1. The van der Waals surface area contributed by atoms with Gasteiger partial charge in [0.05, 0.1) is 12.0 Å². The molecular formula is C16H29F3O4. The fraction of sp³-hybridized carbons (Fsp3) is 0.938. The molecule has 0 heterocycles. The zero-order chi connectivity index (χ0) is 18.5. The van der Waals surface area contributed by atoms with E-state index in [2.05, 4.69) is 0 Å². The summed E-state index contributed by atoms with van der Waals surface area (Å²) in [7, 11) is 0. The van der Waals surface area contributed by atoms with Crippen LogP contribution >= 0.6 is 0 Å². The van der Waals surface area contributed by atoms with Gasteiger partial charge in [-0.15, -0.1) is 0 Å². The molecule has 138 valence electrons. The molecule has 0 N–H and O–H groups in total. The molecule has 0 saturated heterocycles. The average molecular weight is 342 g/mol. The van der Waals surface area contributed by atoms with Crippen LogP contribution in [0.25, 0.3) is 0 Å². The van der Waals surface area contributed by atoms with Gasteiger partial charge in [-0.2, -0.15) is 13.2 Å². The molecule has 0 aromatic carbocycles. The number of rotatable bonds is 8. The summed E-state index contributed by atoms with van der Waals surface area (Å²) in [6, 6.07) is 0. The van der Waals surface area contributed by atoms with Crippen LogP contribution in [0.1, 0.15) is 54.9 Å². The molecule has 1 atom stereocenters. The van der Waals surface area contributed by atoms with Crippen molar-refractivity contribution in [1.82, 2.24) is 0 Å². The molecule has 0 radical (unpaired) electrons. The molecule has 0 spiro atoms. The molecule has 0 bridgehead atoms. The first kappa shape index (κ1) is 22.2. The SMILES string of the molecule is CCC(C)(C)C(=O)OCC(C)(OCOCC(C)(C)C)C(F)(F)F. The number of hydrogen-bond donors (Lipinski definition) is 0. The highest BCUT2D eigenvalue weighted by Gasteiger charge is 2.54. The second kappa shape index (κ2) is 7.83. The number of ether oxygens (including phenoxy) is 3. The summed E-state index contributed by atoms with van der Waals surface area (Å²) in [5.41, 5.74) is -3.63. The van der Waals surface area contributed by atoms with Crippen molar-refractivity contribution in [3.05, 3.63) is 0 Å². The van der Waals surface area contributed by atoms with E-state index in [9.17, 15) is 18.0 Å². The molecule has 0 aromatic rings. The van der Waals surface area contributed by atoms with E-state index in [0.717, 1.165) is 6.92 Å². The first-order valence-corrected chi connectivity index (χ1v) is 7.60. The van der Waals surface area contributed by atoms with Crippen LogP contribution in [0.4, 0.5) is 13.2 Å². The van der Waals surface area contributed by atoms with Gasteiger partial charge in [0, 0.05) is 0 Å². The van der Waals surface area contributed by atoms with E-state index in [4.69, 9.17) is 14.2 Å². The van der Waals surface area contributed by atoms with Crippen LogP contribution in [-0.2, 0) is 19.0 Å². The van der Waals surface area contributed by atoms with E-state index >= 15 is 0 Å². The van der Waals surface area contributed by atoms with Crippen molar-refractivity contribution >= 4 is 5.97 Å². The topological polar surface area (TPSA) is 44.8 Å². The van der Waals surface area contributed by atoms with E-state index in [0.29, 0.717) is 6.42 Å². The third-order valence-corrected chi connectivity index (χ3v) is 3.51. The van der Waals surface area contributed by atoms with Crippen LogP contribution in [0.3, 0.4) is 0 Å². The molecule has 0 aromatic heterocycles. The third kappa shape index (κ3) is 7.52. The van der Waals surface area contributed by atoms with Crippen LogP contribution in [0.2, 0.25) is 0 Å². The lowest BCUT2D eigenvalue weighted by Crippen LogP contribution is -2.50. The van der Waals surface area contributed by atoms with Crippen LogP contribution < -0.4 is 0 Å². The maximum absolute atomic E-state index is 13.2. The molecule has 23 heavy (non-hydrogen) atoms. The van der Waals surface area contributed by atoms with Crippen molar-refractivity contribution in [3.8, 4) is 0 Å². The lowest BCUT2D eigenvalue weighted by Gasteiger charge is -2.33. The zero-order valence-electron chi connectivity index (χ0n) is 15.1. The molecule has 0 saturated carbocycles. The minimum Gasteiger partial charge on any atom is -0.462 e. The third-order valence-electron chi connectivity index (χ3n) is 3.51. The summed E-state index contributed by atoms with van der Waals surface area (Å²) in [6.07, 6.45) is -4.22. The van der Waals surface area contributed by atoms with Crippen molar-refractivity contribution in [1.29, 1.82) is 0 Å². The summed E-state index contributed by atoms with van der Waals surface area (Å²) in [4.78, 5) is 11.9. The Kier molecular flexibility index (Phi) is 7.56. The Balaban J connectivity index is 4.72. The molecule has 0 fully saturated rings. The van der Waals surface area contributed by atoms with Crippen molar-refractivity contribution in [2.75, 3.05) is 20.0 Å². The first-order valence-electron chi connectivity index (χ1n) is 7.60. The Labute approximate surface area is 136 Å². The molecule has 0 amide bonds. The van der Waals surface area contributed by atoms with Crippen LogP contribution in [0, 0.1) is 10.8 Å². The lowest BCUT2D eigenvalue weighted by atomic mass is 9.90. The van der Waals surface area contributed by atoms with Gasteiger partial charge in [-0.1, -0.05) is 27.7 Å². The number of carbonyl (C=O) groups is 1. The van der Waals surface area contributed by atoms with Crippen molar-refractivity contribution in [3.63, 3.8) is 0 Å². The predicted octanol–water partition coefficient (Wildman–Crippen LogP) is 4.32. The fourth-order valence-corrected chi connectivity index (χ4v) is 1.27. The quantitative estimate of drug-likeness (QED) is 0.374. The number of esters is 1. The minimum absolute atomic E-state index is 0.185. The van der Waals surface area contributed by atoms with Gasteiger partial charge < -0.3 is 14.2 Å². The minimum atomic E-state index is -4.69. The van der Waals surface area contributed by atoms with Crippen LogP contribution in [0.15, 0.2) is 0 Å². The second-order valence-corrected chi connectivity index (χ2v) is 7.71. The molecular weight excluding hydrogens is 313 g/mol. The van der Waals surface area contributed by atoms with Gasteiger partial charge in [0.15, 0.2) is 5.60 Å². The van der Waals surface area contributed by atoms with E-state index in [-0.39, 0.29) is 12.0 Å². The summed E-state index contributed by atoms with van der Waals surface area (Å²) in [5, 5.41) is 0. The molecule has 1 unspecified atom stereocenters. The summed E-state index contributed by atoms with van der Waals surface area (Å²) < 4.78 is 54.5. The van der Waals surface area contributed by atoms with Gasteiger partial charge in [0.1, 0.15) is 13.4 Å². The van der Waals surface area contributed by atoms with Gasteiger partial charge in [-0.3, -0.25) is 4.79 Å². The molecule has 0 rings (SSSR count). The standard InChI is InChI=1S/C16H29F3O4/c1-8-14(5,6)12(20)22-10-15(7,16(17,18)19)23-11-21-9-13(2,3)4/h8-11H2,1-7H3. The average Bonchev–Trinajstić information content (AvgIpc) is 2.38. The van der Waals surface area contributed by atoms with E-state index in [1.807, 2.05) is 20.8 Å². The first-order chi connectivity index (χ1) is 10.1. The Bertz CT molecular complexity index is 386. The second-order valence-electron chi connectivity index (χ2n) is 7.71. The molecule has 0 aliphatic heterocycles. The highest BCUT2D eigenvalue weighted by molar-refractivity contribution is 5.75.